The molecule has 1 fully saturated rings. The van der Waals surface area contributed by atoms with Crippen LogP contribution in [0, 0.1) is 11.7 Å². The van der Waals surface area contributed by atoms with Gasteiger partial charge in [0.15, 0.2) is 17.4 Å². The number of nitrogens with zero attached hydrogens (tertiary/aromatic N) is 4. The Labute approximate surface area is 271 Å². The average molecular weight is 687 g/mol. The number of hydrogen-bond acceptors (Lipinski definition) is 7. The molecule has 0 unspecified atom stereocenters. The van der Waals surface area contributed by atoms with Gasteiger partial charge >= 0.3 is 18.3 Å². The Kier molecular flexibility index (Phi) is 9.51. The third-order valence-corrected chi connectivity index (χ3v) is 8.11. The molecule has 16 heteroatoms. The summed E-state index contributed by atoms with van der Waals surface area (Å²) >= 11 is 0. The van der Waals surface area contributed by atoms with E-state index in [1.54, 1.807) is 20.8 Å². The average Bonchev–Trinajstić information content (AvgIpc) is 3.39. The van der Waals surface area contributed by atoms with Crippen LogP contribution in [0.3, 0.4) is 0 Å². The zero-order valence-corrected chi connectivity index (χ0v) is 26.4. The van der Waals surface area contributed by atoms with Gasteiger partial charge in [-0.2, -0.15) is 26.3 Å². The number of ether oxygens (including phenoxy) is 3. The van der Waals surface area contributed by atoms with Crippen molar-refractivity contribution in [2.24, 2.45) is 5.92 Å². The number of halogens is 7. The van der Waals surface area contributed by atoms with Crippen LogP contribution in [0.25, 0.3) is 5.69 Å². The van der Waals surface area contributed by atoms with Gasteiger partial charge in [-0.3, -0.25) is 14.2 Å². The number of esters is 1. The van der Waals surface area contributed by atoms with E-state index in [0.717, 1.165) is 6.07 Å². The number of piperidine rings is 1. The highest BCUT2D eigenvalue weighted by atomic mass is 19.4. The van der Waals surface area contributed by atoms with E-state index in [4.69, 9.17) is 14.2 Å². The van der Waals surface area contributed by atoms with E-state index in [9.17, 15) is 35.9 Å². The Hall–Kier alpha value is -4.21. The Morgan fingerprint density at radius 2 is 1.62 bits per heavy atom. The second-order valence-electron chi connectivity index (χ2n) is 12.7. The second-order valence-corrected chi connectivity index (χ2v) is 12.7. The zero-order chi connectivity index (χ0) is 35.2. The van der Waals surface area contributed by atoms with Crippen LogP contribution < -0.4 is 4.74 Å². The molecule has 2 atom stereocenters. The Morgan fingerprint density at radius 3 is 2.23 bits per heavy atom. The van der Waals surface area contributed by atoms with Crippen LogP contribution in [-0.2, 0) is 31.4 Å². The van der Waals surface area contributed by atoms with Gasteiger partial charge in [-0.15, -0.1) is 10.2 Å². The van der Waals surface area contributed by atoms with Crippen LogP contribution in [0.1, 0.15) is 87.0 Å². The summed E-state index contributed by atoms with van der Waals surface area (Å²) in [6.07, 6.45) is -12.9. The minimum atomic E-state index is -5.11. The van der Waals surface area contributed by atoms with Crippen LogP contribution in [0.15, 0.2) is 36.4 Å². The Bertz CT molecular complexity index is 1670. The fourth-order valence-electron chi connectivity index (χ4n) is 5.93. The summed E-state index contributed by atoms with van der Waals surface area (Å²) in [6.45, 7) is 5.70. The molecule has 0 radical (unpaired) electrons. The van der Waals surface area contributed by atoms with Gasteiger partial charge in [-0.05, 0) is 63.8 Å². The molecular formula is C32H33F7N4O5. The first-order valence-electron chi connectivity index (χ1n) is 15.1. The number of rotatable bonds is 6. The number of hydrogen-bond donors (Lipinski definition) is 0. The van der Waals surface area contributed by atoms with E-state index in [-0.39, 0.29) is 42.7 Å². The van der Waals surface area contributed by atoms with Crippen molar-refractivity contribution in [1.82, 2.24) is 19.7 Å². The van der Waals surface area contributed by atoms with Gasteiger partial charge in [0.2, 0.25) is 11.7 Å². The largest absolute Gasteiger partial charge is 0.494 e. The van der Waals surface area contributed by atoms with Gasteiger partial charge in [0.05, 0.1) is 24.8 Å². The quantitative estimate of drug-likeness (QED) is 0.204. The molecule has 3 aromatic rings. The van der Waals surface area contributed by atoms with Crippen molar-refractivity contribution in [3.05, 3.63) is 70.6 Å². The summed E-state index contributed by atoms with van der Waals surface area (Å²) in [5.74, 6) is -4.34. The molecule has 260 valence electrons. The number of benzene rings is 2. The van der Waals surface area contributed by atoms with E-state index in [1.165, 1.54) is 30.2 Å². The van der Waals surface area contributed by atoms with Gasteiger partial charge in [-0.25, -0.2) is 4.39 Å². The number of aromatic nitrogens is 3. The van der Waals surface area contributed by atoms with Crippen molar-refractivity contribution in [1.29, 1.82) is 0 Å². The van der Waals surface area contributed by atoms with Crippen molar-refractivity contribution < 1.29 is 54.5 Å². The molecule has 0 bridgehead atoms. The second kappa shape index (κ2) is 13.0. The lowest BCUT2D eigenvalue weighted by Crippen LogP contribution is -2.40. The molecule has 48 heavy (non-hydrogen) atoms. The van der Waals surface area contributed by atoms with Gasteiger partial charge < -0.3 is 19.1 Å². The van der Waals surface area contributed by atoms with E-state index >= 15 is 4.39 Å². The van der Waals surface area contributed by atoms with E-state index in [0.29, 0.717) is 29.5 Å². The van der Waals surface area contributed by atoms with Crippen LogP contribution in [0.5, 0.6) is 5.75 Å². The first-order chi connectivity index (χ1) is 22.4. The standard InChI is InChI=1S/C32H33F7N4O5/c1-30(2,3)48-25(45)14-17-10-12-42(13-11-17)24(44)16-23-28-40-41-29(32(37,38)39)43(28)21-9-8-18(31(34,35)36)15-20(21)27(47-23)19-6-5-7-22(46-4)26(19)33/h5-9,15,17,23,27H,10-14,16H2,1-4H3/t23-,27-/m1/s1. The van der Waals surface area contributed by atoms with Crippen molar-refractivity contribution in [3.63, 3.8) is 0 Å². The minimum Gasteiger partial charge on any atom is -0.494 e. The summed E-state index contributed by atoms with van der Waals surface area (Å²) in [5.41, 5.74) is -3.09. The maximum atomic E-state index is 15.7. The molecule has 1 aromatic heterocycles. The SMILES string of the molecule is COc1cccc([C@H]2O[C@H](CC(=O)N3CCC(CC(=O)OC(C)(C)C)CC3)c3nnc(C(F)(F)F)n3-c3ccc(C(F)(F)F)cc32)c1F. The lowest BCUT2D eigenvalue weighted by molar-refractivity contribution is -0.156. The number of fused-ring (bicyclic) bond motifs is 3. The van der Waals surface area contributed by atoms with E-state index in [1.807, 2.05) is 0 Å². The molecule has 1 saturated heterocycles. The van der Waals surface area contributed by atoms with Gasteiger partial charge in [0.1, 0.15) is 17.8 Å². The molecule has 2 aromatic carbocycles. The summed E-state index contributed by atoms with van der Waals surface area (Å²) in [6, 6.07) is 5.80. The lowest BCUT2D eigenvalue weighted by atomic mass is 9.93. The molecule has 5 rings (SSSR count). The maximum Gasteiger partial charge on any atom is 0.452 e. The number of likely N-dealkylation sites (tertiary alicyclic amines) is 1. The Balaban J connectivity index is 1.52. The molecular weight excluding hydrogens is 653 g/mol. The van der Waals surface area contributed by atoms with Crippen LogP contribution in [-0.4, -0.2) is 57.3 Å². The highest BCUT2D eigenvalue weighted by molar-refractivity contribution is 5.77. The number of carbonyl (C=O) groups excluding carboxylic acids is 2. The Morgan fingerprint density at radius 1 is 0.938 bits per heavy atom. The van der Waals surface area contributed by atoms with Gasteiger partial charge in [0.25, 0.3) is 0 Å². The normalized spacial score (nSPS) is 18.9. The monoisotopic (exact) mass is 686 g/mol. The smallest absolute Gasteiger partial charge is 0.452 e. The van der Waals surface area contributed by atoms with E-state index < -0.39 is 76.8 Å². The third kappa shape index (κ3) is 7.42. The van der Waals surface area contributed by atoms with E-state index in [2.05, 4.69) is 10.2 Å². The molecule has 0 saturated carbocycles. The van der Waals surface area contributed by atoms with Crippen LogP contribution >= 0.6 is 0 Å². The summed E-state index contributed by atoms with van der Waals surface area (Å²) in [4.78, 5) is 27.4. The topological polar surface area (TPSA) is 95.8 Å². The van der Waals surface area contributed by atoms with Crippen molar-refractivity contribution >= 4 is 11.9 Å². The minimum absolute atomic E-state index is 0.0618. The molecule has 2 aliphatic rings. The zero-order valence-electron chi connectivity index (χ0n) is 26.4. The first-order valence-corrected chi connectivity index (χ1v) is 15.1. The predicted octanol–water partition coefficient (Wildman–Crippen LogP) is 6.97. The van der Waals surface area contributed by atoms with Crippen molar-refractivity contribution in [2.45, 2.75) is 76.6 Å². The predicted molar refractivity (Wildman–Crippen MR) is 154 cm³/mol. The number of carbonyl (C=O) groups is 2. The molecule has 2 aliphatic heterocycles. The van der Waals surface area contributed by atoms with Crippen LogP contribution in [0.2, 0.25) is 0 Å². The molecule has 3 heterocycles. The fourth-order valence-corrected chi connectivity index (χ4v) is 5.93. The van der Waals surface area contributed by atoms with Gasteiger partial charge in [-0.1, -0.05) is 12.1 Å². The highest BCUT2D eigenvalue weighted by Crippen LogP contribution is 2.46. The maximum absolute atomic E-state index is 15.7. The lowest BCUT2D eigenvalue weighted by Gasteiger charge is -2.33. The first kappa shape index (κ1) is 35.1. The molecule has 1 amide bonds. The van der Waals surface area contributed by atoms with Crippen molar-refractivity contribution in [3.8, 4) is 11.4 Å². The fraction of sp³-hybridized carbons (Fsp3) is 0.500. The molecule has 0 N–H and O–H groups in total. The summed E-state index contributed by atoms with van der Waals surface area (Å²) in [5, 5.41) is 6.98. The highest BCUT2D eigenvalue weighted by Gasteiger charge is 2.45. The van der Waals surface area contributed by atoms with Gasteiger partial charge in [0, 0.05) is 30.6 Å². The summed E-state index contributed by atoms with van der Waals surface area (Å²) < 4.78 is 117. The molecule has 0 spiro atoms. The van der Waals surface area contributed by atoms with Crippen molar-refractivity contribution in [2.75, 3.05) is 20.2 Å². The summed E-state index contributed by atoms with van der Waals surface area (Å²) in [7, 11) is 1.17. The number of amides is 1. The number of alkyl halides is 6. The third-order valence-electron chi connectivity index (χ3n) is 8.11. The molecule has 9 nitrogen and oxygen atoms in total. The molecule has 0 aliphatic carbocycles. The number of methoxy groups -OCH3 is 1. The van der Waals surface area contributed by atoms with Crippen LogP contribution in [0.4, 0.5) is 30.7 Å².